The molecule has 28 heavy (non-hydrogen) atoms. The highest BCUT2D eigenvalue weighted by atomic mass is 32.2. The lowest BCUT2D eigenvalue weighted by Crippen LogP contribution is -2.24. The van der Waals surface area contributed by atoms with Gasteiger partial charge >= 0.3 is 0 Å². The zero-order chi connectivity index (χ0) is 19.9. The molecule has 7 heteroatoms. The summed E-state index contributed by atoms with van der Waals surface area (Å²) in [7, 11) is 1.60. The van der Waals surface area contributed by atoms with Gasteiger partial charge in [0.1, 0.15) is 5.01 Å². The quantitative estimate of drug-likeness (QED) is 0.525. The standard InChI is InChI=1S/C21H21NO4S2/c1-3-10-26-16-9-8-14(11-17(16)25-2)12-19(27-13-20(23)24)21-22-15-6-4-5-7-18(15)28-21/h4-9,11-12H,3,10,13H2,1-2H3,(H,23,24)/p-1/b19-12-. The number of hydrogen-bond acceptors (Lipinski definition) is 7. The largest absolute Gasteiger partial charge is 0.549 e. The summed E-state index contributed by atoms with van der Waals surface area (Å²) < 4.78 is 12.2. The Balaban J connectivity index is 1.97. The number of benzene rings is 2. The van der Waals surface area contributed by atoms with Crippen LogP contribution in [0.5, 0.6) is 11.5 Å². The van der Waals surface area contributed by atoms with E-state index in [2.05, 4.69) is 4.98 Å². The second-order valence-electron chi connectivity index (χ2n) is 5.91. The van der Waals surface area contributed by atoms with Crippen LogP contribution in [0, 0.1) is 0 Å². The van der Waals surface area contributed by atoms with Crippen LogP contribution in [0.1, 0.15) is 23.9 Å². The fourth-order valence-corrected chi connectivity index (χ4v) is 4.38. The van der Waals surface area contributed by atoms with Gasteiger partial charge in [-0.1, -0.05) is 25.1 Å². The minimum Gasteiger partial charge on any atom is -0.549 e. The molecule has 5 nitrogen and oxygen atoms in total. The third-order valence-electron chi connectivity index (χ3n) is 3.80. The number of aliphatic carboxylic acids is 1. The summed E-state index contributed by atoms with van der Waals surface area (Å²) >= 11 is 2.73. The van der Waals surface area contributed by atoms with Crippen LogP contribution in [-0.4, -0.2) is 30.4 Å². The molecule has 2 aromatic carbocycles. The number of rotatable bonds is 9. The van der Waals surface area contributed by atoms with Gasteiger partial charge in [-0.05, 0) is 42.3 Å². The molecule has 3 rings (SSSR count). The van der Waals surface area contributed by atoms with Crippen molar-refractivity contribution < 1.29 is 19.4 Å². The predicted octanol–water partition coefficient (Wildman–Crippen LogP) is 4.07. The van der Waals surface area contributed by atoms with Gasteiger partial charge in [-0.2, -0.15) is 0 Å². The predicted molar refractivity (Wildman–Crippen MR) is 114 cm³/mol. The minimum absolute atomic E-state index is 0.142. The zero-order valence-corrected chi connectivity index (χ0v) is 17.3. The highest BCUT2D eigenvalue weighted by Crippen LogP contribution is 2.36. The smallest absolute Gasteiger partial charge is 0.161 e. The number of carbonyl (C=O) groups is 1. The summed E-state index contributed by atoms with van der Waals surface area (Å²) in [6.45, 7) is 2.66. The minimum atomic E-state index is -1.11. The zero-order valence-electron chi connectivity index (χ0n) is 15.6. The van der Waals surface area contributed by atoms with Gasteiger partial charge in [-0.25, -0.2) is 4.98 Å². The molecule has 0 radical (unpaired) electrons. The van der Waals surface area contributed by atoms with E-state index in [0.29, 0.717) is 18.1 Å². The van der Waals surface area contributed by atoms with E-state index < -0.39 is 5.97 Å². The maximum absolute atomic E-state index is 11.0. The van der Waals surface area contributed by atoms with E-state index in [1.165, 1.54) is 23.1 Å². The fraction of sp³-hybridized carbons (Fsp3) is 0.238. The summed E-state index contributed by atoms with van der Waals surface area (Å²) in [6, 6.07) is 13.5. The van der Waals surface area contributed by atoms with E-state index in [1.54, 1.807) is 7.11 Å². The Labute approximate surface area is 172 Å². The van der Waals surface area contributed by atoms with E-state index in [9.17, 15) is 9.90 Å². The van der Waals surface area contributed by atoms with E-state index in [-0.39, 0.29) is 5.75 Å². The van der Waals surface area contributed by atoms with E-state index in [0.717, 1.165) is 32.1 Å². The van der Waals surface area contributed by atoms with E-state index in [1.807, 2.05) is 55.5 Å². The van der Waals surface area contributed by atoms with Gasteiger partial charge in [-0.3, -0.25) is 0 Å². The Morgan fingerprint density at radius 2 is 2.07 bits per heavy atom. The van der Waals surface area contributed by atoms with Gasteiger partial charge in [0.2, 0.25) is 0 Å². The van der Waals surface area contributed by atoms with E-state index in [4.69, 9.17) is 9.47 Å². The molecule has 0 fully saturated rings. The topological polar surface area (TPSA) is 71.5 Å². The number of para-hydroxylation sites is 1. The number of thioether (sulfide) groups is 1. The second kappa shape index (κ2) is 9.61. The second-order valence-corrected chi connectivity index (χ2v) is 7.96. The van der Waals surface area contributed by atoms with Gasteiger partial charge < -0.3 is 19.4 Å². The average molecular weight is 415 g/mol. The number of carboxylic acid groups (broad SMARTS) is 1. The maximum atomic E-state index is 11.0. The first kappa shape index (κ1) is 20.2. The first-order valence-electron chi connectivity index (χ1n) is 8.82. The number of nitrogens with zero attached hydrogens (tertiary/aromatic N) is 1. The maximum Gasteiger partial charge on any atom is 0.161 e. The van der Waals surface area contributed by atoms with Crippen molar-refractivity contribution in [2.75, 3.05) is 19.5 Å². The first-order valence-corrected chi connectivity index (χ1v) is 10.6. The summed E-state index contributed by atoms with van der Waals surface area (Å²) in [4.78, 5) is 16.4. The summed E-state index contributed by atoms with van der Waals surface area (Å²) in [5, 5.41) is 11.8. The van der Waals surface area contributed by atoms with Crippen LogP contribution in [0.4, 0.5) is 0 Å². The third-order valence-corrected chi connectivity index (χ3v) is 6.00. The SMILES string of the molecule is CCCOc1ccc(/C=C(\SCC(=O)[O-])c2nc3ccccc3s2)cc1OC. The van der Waals surface area contributed by atoms with Gasteiger partial charge in [0.05, 0.1) is 29.9 Å². The number of methoxy groups -OCH3 is 1. The van der Waals surface area contributed by atoms with Crippen molar-refractivity contribution >= 4 is 50.3 Å². The molecule has 0 saturated carbocycles. The molecule has 0 amide bonds. The monoisotopic (exact) mass is 414 g/mol. The lowest BCUT2D eigenvalue weighted by atomic mass is 10.2. The number of thiazole rings is 1. The molecule has 0 aliphatic carbocycles. The van der Waals surface area contributed by atoms with Crippen LogP contribution in [-0.2, 0) is 4.79 Å². The average Bonchev–Trinajstić information content (AvgIpc) is 3.13. The lowest BCUT2D eigenvalue weighted by molar-refractivity contribution is -0.301. The highest BCUT2D eigenvalue weighted by molar-refractivity contribution is 8.09. The van der Waals surface area contributed by atoms with Crippen molar-refractivity contribution in [1.82, 2.24) is 4.98 Å². The molecule has 0 aliphatic heterocycles. The molecule has 0 bridgehead atoms. The van der Waals surface area contributed by atoms with Crippen molar-refractivity contribution in [3.8, 4) is 11.5 Å². The van der Waals surface area contributed by atoms with Crippen molar-refractivity contribution in [2.45, 2.75) is 13.3 Å². The molecule has 146 valence electrons. The van der Waals surface area contributed by atoms with Crippen molar-refractivity contribution in [1.29, 1.82) is 0 Å². The summed E-state index contributed by atoms with van der Waals surface area (Å²) in [5.41, 5.74) is 1.77. The summed E-state index contributed by atoms with van der Waals surface area (Å²) in [6.07, 6.45) is 2.82. The first-order chi connectivity index (χ1) is 13.6. The third kappa shape index (κ3) is 5.05. The van der Waals surface area contributed by atoms with Gasteiger partial charge in [0.15, 0.2) is 11.5 Å². The molecular weight excluding hydrogens is 394 g/mol. The van der Waals surface area contributed by atoms with Crippen LogP contribution in [0.15, 0.2) is 42.5 Å². The lowest BCUT2D eigenvalue weighted by Gasteiger charge is -2.11. The van der Waals surface area contributed by atoms with Crippen LogP contribution in [0.3, 0.4) is 0 Å². The number of hydrogen-bond donors (Lipinski definition) is 0. The van der Waals surface area contributed by atoms with Crippen molar-refractivity contribution in [3.05, 3.63) is 53.0 Å². The van der Waals surface area contributed by atoms with Crippen molar-refractivity contribution in [3.63, 3.8) is 0 Å². The Bertz CT molecular complexity index is 964. The summed E-state index contributed by atoms with van der Waals surface area (Å²) in [5.74, 6) is 0.0652. The van der Waals surface area contributed by atoms with Crippen LogP contribution in [0.25, 0.3) is 21.2 Å². The molecular formula is C21H20NO4S2-. The van der Waals surface area contributed by atoms with Crippen LogP contribution >= 0.6 is 23.1 Å². The number of aromatic nitrogens is 1. The Morgan fingerprint density at radius 3 is 2.79 bits per heavy atom. The number of carbonyl (C=O) groups excluding carboxylic acids is 1. The molecule has 1 heterocycles. The number of carboxylic acids is 1. The number of fused-ring (bicyclic) bond motifs is 1. The highest BCUT2D eigenvalue weighted by Gasteiger charge is 2.11. The Kier molecular flexibility index (Phi) is 6.95. The van der Waals surface area contributed by atoms with Gasteiger partial charge in [0.25, 0.3) is 0 Å². The fourth-order valence-electron chi connectivity index (χ4n) is 2.54. The Morgan fingerprint density at radius 1 is 1.25 bits per heavy atom. The number of ether oxygens (including phenoxy) is 2. The normalized spacial score (nSPS) is 11.6. The van der Waals surface area contributed by atoms with Crippen LogP contribution < -0.4 is 14.6 Å². The molecule has 0 N–H and O–H groups in total. The molecule has 0 aliphatic rings. The molecule has 3 aromatic rings. The van der Waals surface area contributed by atoms with Gasteiger partial charge in [0, 0.05) is 10.7 Å². The molecule has 0 spiro atoms. The van der Waals surface area contributed by atoms with Crippen molar-refractivity contribution in [2.24, 2.45) is 0 Å². The molecule has 0 unspecified atom stereocenters. The Hall–Kier alpha value is -2.51. The molecule has 0 saturated heterocycles. The van der Waals surface area contributed by atoms with E-state index >= 15 is 0 Å². The molecule has 0 atom stereocenters. The molecule has 1 aromatic heterocycles. The van der Waals surface area contributed by atoms with Crippen LogP contribution in [0.2, 0.25) is 0 Å². The van der Waals surface area contributed by atoms with Gasteiger partial charge in [-0.15, -0.1) is 23.1 Å².